The van der Waals surface area contributed by atoms with E-state index >= 15 is 0 Å². The Hall–Kier alpha value is -2.56. The Morgan fingerprint density at radius 2 is 1.93 bits per heavy atom. The molecule has 5 heteroatoms. The van der Waals surface area contributed by atoms with Crippen LogP contribution in [-0.2, 0) is 10.2 Å². The van der Waals surface area contributed by atoms with Crippen molar-refractivity contribution in [3.63, 3.8) is 0 Å². The molecule has 1 aliphatic carbocycles. The van der Waals surface area contributed by atoms with Crippen LogP contribution in [0.3, 0.4) is 0 Å². The van der Waals surface area contributed by atoms with E-state index in [-0.39, 0.29) is 18.7 Å². The van der Waals surface area contributed by atoms with Crippen LogP contribution in [0.25, 0.3) is 0 Å². The van der Waals surface area contributed by atoms with Gasteiger partial charge in [-0.1, -0.05) is 38.3 Å². The summed E-state index contributed by atoms with van der Waals surface area (Å²) in [7, 11) is 0. The highest BCUT2D eigenvalue weighted by Gasteiger charge is 2.41. The third kappa shape index (κ3) is 3.34. The number of amides is 1. The maximum absolute atomic E-state index is 14.0. The standard InChI is InChI=1S/C23H28N2O3/c1-3-23(2,17-12-13-19-20(15-17)28-16-27-19)22(26)25(18-9-5-4-6-10-18)21-11-7-8-14-24-21/h7-8,11-15,18H,3-6,9-10,16H2,1-2H3. The molecule has 2 heterocycles. The van der Waals surface area contributed by atoms with Crippen LogP contribution in [0, 0.1) is 0 Å². The molecule has 28 heavy (non-hydrogen) atoms. The van der Waals surface area contributed by atoms with Gasteiger partial charge in [0.1, 0.15) is 5.82 Å². The van der Waals surface area contributed by atoms with Crippen molar-refractivity contribution < 1.29 is 14.3 Å². The fourth-order valence-corrected chi connectivity index (χ4v) is 4.28. The average Bonchev–Trinajstić information content (AvgIpc) is 3.23. The van der Waals surface area contributed by atoms with Crippen molar-refractivity contribution in [2.24, 2.45) is 0 Å². The lowest BCUT2D eigenvalue weighted by Gasteiger charge is -2.39. The summed E-state index contributed by atoms with van der Waals surface area (Å²) in [4.78, 5) is 20.5. The number of nitrogens with zero attached hydrogens (tertiary/aromatic N) is 2. The molecule has 1 fully saturated rings. The van der Waals surface area contributed by atoms with Crippen LogP contribution in [0.15, 0.2) is 42.6 Å². The minimum atomic E-state index is -0.657. The van der Waals surface area contributed by atoms with Crippen molar-refractivity contribution in [1.82, 2.24) is 4.98 Å². The largest absolute Gasteiger partial charge is 0.454 e. The Bertz CT molecular complexity index is 833. The molecule has 4 rings (SSSR count). The quantitative estimate of drug-likeness (QED) is 0.744. The number of hydrogen-bond donors (Lipinski definition) is 0. The third-order valence-corrected chi connectivity index (χ3v) is 6.24. The lowest BCUT2D eigenvalue weighted by Crippen LogP contribution is -2.51. The third-order valence-electron chi connectivity index (χ3n) is 6.24. The van der Waals surface area contributed by atoms with Gasteiger partial charge in [0.25, 0.3) is 0 Å². The molecule has 0 N–H and O–H groups in total. The van der Waals surface area contributed by atoms with E-state index < -0.39 is 5.41 Å². The minimum absolute atomic E-state index is 0.111. The van der Waals surface area contributed by atoms with Gasteiger partial charge in [0.05, 0.1) is 5.41 Å². The molecule has 1 saturated carbocycles. The van der Waals surface area contributed by atoms with Gasteiger partial charge >= 0.3 is 0 Å². The molecule has 1 aliphatic heterocycles. The number of anilines is 1. The van der Waals surface area contributed by atoms with Crippen molar-refractivity contribution in [3.05, 3.63) is 48.2 Å². The molecule has 1 aromatic heterocycles. The fraction of sp³-hybridized carbons (Fsp3) is 0.478. The molecule has 148 valence electrons. The van der Waals surface area contributed by atoms with Gasteiger partial charge in [-0.3, -0.25) is 9.69 Å². The number of rotatable bonds is 5. The molecule has 1 aromatic carbocycles. The average molecular weight is 380 g/mol. The van der Waals surface area contributed by atoms with E-state index in [4.69, 9.17) is 9.47 Å². The first-order valence-electron chi connectivity index (χ1n) is 10.3. The molecular formula is C23H28N2O3. The molecule has 1 unspecified atom stereocenters. The summed E-state index contributed by atoms with van der Waals surface area (Å²) in [5.74, 6) is 2.31. The second-order valence-electron chi connectivity index (χ2n) is 7.91. The lowest BCUT2D eigenvalue weighted by atomic mass is 9.77. The van der Waals surface area contributed by atoms with Gasteiger partial charge in [0.15, 0.2) is 11.5 Å². The van der Waals surface area contributed by atoms with E-state index in [2.05, 4.69) is 11.9 Å². The summed E-state index contributed by atoms with van der Waals surface area (Å²) < 4.78 is 11.0. The minimum Gasteiger partial charge on any atom is -0.454 e. The predicted octanol–water partition coefficient (Wildman–Crippen LogP) is 4.84. The second-order valence-corrected chi connectivity index (χ2v) is 7.91. The number of benzene rings is 1. The van der Waals surface area contributed by atoms with Crippen LogP contribution >= 0.6 is 0 Å². The molecule has 0 saturated heterocycles. The number of carbonyl (C=O) groups is 1. The summed E-state index contributed by atoms with van der Waals surface area (Å²) in [5.41, 5.74) is 0.302. The van der Waals surface area contributed by atoms with E-state index in [0.717, 1.165) is 42.8 Å². The van der Waals surface area contributed by atoms with Gasteiger partial charge < -0.3 is 9.47 Å². The molecule has 0 radical (unpaired) electrons. The van der Waals surface area contributed by atoms with Crippen LogP contribution in [0.1, 0.15) is 57.9 Å². The molecule has 0 spiro atoms. The Labute approximate surface area is 166 Å². The van der Waals surface area contributed by atoms with Crippen LogP contribution in [0.4, 0.5) is 5.82 Å². The van der Waals surface area contributed by atoms with E-state index in [1.54, 1.807) is 6.20 Å². The molecule has 2 aliphatic rings. The number of carbonyl (C=O) groups excluding carboxylic acids is 1. The van der Waals surface area contributed by atoms with Gasteiger partial charge in [-0.2, -0.15) is 0 Å². The topological polar surface area (TPSA) is 51.7 Å². The van der Waals surface area contributed by atoms with E-state index in [1.807, 2.05) is 48.2 Å². The second kappa shape index (κ2) is 7.82. The Kier molecular flexibility index (Phi) is 5.25. The molecular weight excluding hydrogens is 352 g/mol. The van der Waals surface area contributed by atoms with E-state index in [9.17, 15) is 4.79 Å². The Balaban J connectivity index is 1.73. The smallest absolute Gasteiger partial charge is 0.238 e. The first kappa shape index (κ1) is 18.8. The maximum Gasteiger partial charge on any atom is 0.238 e. The van der Waals surface area contributed by atoms with Crippen molar-refractivity contribution in [3.8, 4) is 11.5 Å². The van der Waals surface area contributed by atoms with Crippen molar-refractivity contribution >= 4 is 11.7 Å². The van der Waals surface area contributed by atoms with Gasteiger partial charge in [-0.25, -0.2) is 4.98 Å². The number of fused-ring (bicyclic) bond motifs is 1. The summed E-state index contributed by atoms with van der Waals surface area (Å²) in [6.07, 6.45) is 8.09. The summed E-state index contributed by atoms with van der Waals surface area (Å²) >= 11 is 0. The molecule has 1 atom stereocenters. The number of aromatic nitrogens is 1. The normalized spacial score (nSPS) is 18.5. The summed E-state index contributed by atoms with van der Waals surface area (Å²) in [5, 5.41) is 0. The Morgan fingerprint density at radius 1 is 1.14 bits per heavy atom. The summed E-state index contributed by atoms with van der Waals surface area (Å²) in [6.45, 7) is 4.34. The molecule has 0 bridgehead atoms. The van der Waals surface area contributed by atoms with Crippen LogP contribution in [-0.4, -0.2) is 23.7 Å². The van der Waals surface area contributed by atoms with Gasteiger partial charge in [0, 0.05) is 12.2 Å². The lowest BCUT2D eigenvalue weighted by molar-refractivity contribution is -0.124. The van der Waals surface area contributed by atoms with Crippen molar-refractivity contribution in [2.45, 2.75) is 63.8 Å². The zero-order valence-electron chi connectivity index (χ0n) is 16.7. The van der Waals surface area contributed by atoms with Crippen molar-refractivity contribution in [1.29, 1.82) is 0 Å². The fourth-order valence-electron chi connectivity index (χ4n) is 4.28. The SMILES string of the molecule is CCC(C)(C(=O)N(c1ccccn1)C1CCCCC1)c1ccc2c(c1)OCO2. The highest BCUT2D eigenvalue weighted by molar-refractivity contribution is 6.00. The Morgan fingerprint density at radius 3 is 2.64 bits per heavy atom. The monoisotopic (exact) mass is 380 g/mol. The van der Waals surface area contributed by atoms with Gasteiger partial charge in [-0.05, 0) is 56.0 Å². The maximum atomic E-state index is 14.0. The number of pyridine rings is 1. The number of ether oxygens (including phenoxy) is 2. The van der Waals surface area contributed by atoms with Crippen molar-refractivity contribution in [2.75, 3.05) is 11.7 Å². The summed E-state index contributed by atoms with van der Waals surface area (Å²) in [6, 6.07) is 11.9. The van der Waals surface area contributed by atoms with E-state index in [0.29, 0.717) is 12.2 Å². The molecule has 2 aromatic rings. The predicted molar refractivity (Wildman–Crippen MR) is 109 cm³/mol. The highest BCUT2D eigenvalue weighted by Crippen LogP contribution is 2.40. The zero-order valence-corrected chi connectivity index (χ0v) is 16.7. The van der Waals surface area contributed by atoms with Gasteiger partial charge in [0.2, 0.25) is 12.7 Å². The first-order chi connectivity index (χ1) is 13.6. The molecule has 5 nitrogen and oxygen atoms in total. The van der Waals surface area contributed by atoms with Crippen LogP contribution in [0.5, 0.6) is 11.5 Å². The van der Waals surface area contributed by atoms with Crippen LogP contribution < -0.4 is 14.4 Å². The van der Waals surface area contributed by atoms with E-state index in [1.165, 1.54) is 6.42 Å². The highest BCUT2D eigenvalue weighted by atomic mass is 16.7. The number of hydrogen-bond acceptors (Lipinski definition) is 4. The zero-order chi connectivity index (χ0) is 19.6. The first-order valence-corrected chi connectivity index (χ1v) is 10.3. The van der Waals surface area contributed by atoms with Crippen LogP contribution in [0.2, 0.25) is 0 Å². The molecule has 1 amide bonds. The van der Waals surface area contributed by atoms with Gasteiger partial charge in [-0.15, -0.1) is 0 Å².